The third kappa shape index (κ3) is 2.64. The first-order valence-electron chi connectivity index (χ1n) is 5.49. The van der Waals surface area contributed by atoms with E-state index in [0.717, 1.165) is 17.0 Å². The van der Waals surface area contributed by atoms with Crippen molar-refractivity contribution in [2.45, 2.75) is 27.3 Å². The topological polar surface area (TPSA) is 38.1 Å². The molecule has 0 radical (unpaired) electrons. The highest BCUT2D eigenvalue weighted by atomic mass is 19.1. The fourth-order valence-electron chi connectivity index (χ4n) is 1.56. The Bertz CT molecular complexity index is 515. The van der Waals surface area contributed by atoms with Crippen LogP contribution in [0.3, 0.4) is 0 Å². The molecule has 1 heterocycles. The molecule has 3 nitrogen and oxygen atoms in total. The standard InChI is InChI=1S/C13H15FN2O/c1-8-4-5-11(14)12(6-8)15-7-13-16-9(2)10(3)17-13/h4-6,15H,7H2,1-3H3. The summed E-state index contributed by atoms with van der Waals surface area (Å²) in [7, 11) is 0. The average Bonchev–Trinajstić information content (AvgIpc) is 2.60. The second kappa shape index (κ2) is 4.57. The lowest BCUT2D eigenvalue weighted by Gasteiger charge is -2.06. The highest BCUT2D eigenvalue weighted by Gasteiger charge is 2.07. The number of oxazole rings is 1. The van der Waals surface area contributed by atoms with Gasteiger partial charge in [0.25, 0.3) is 0 Å². The summed E-state index contributed by atoms with van der Waals surface area (Å²) in [5, 5.41) is 2.98. The summed E-state index contributed by atoms with van der Waals surface area (Å²) in [5.74, 6) is 1.10. The highest BCUT2D eigenvalue weighted by molar-refractivity contribution is 5.46. The largest absolute Gasteiger partial charge is 0.444 e. The Morgan fingerprint density at radius 1 is 1.29 bits per heavy atom. The molecule has 0 aliphatic heterocycles. The third-order valence-electron chi connectivity index (χ3n) is 2.62. The zero-order valence-electron chi connectivity index (χ0n) is 10.2. The van der Waals surface area contributed by atoms with E-state index in [1.54, 1.807) is 12.1 Å². The zero-order chi connectivity index (χ0) is 12.4. The number of anilines is 1. The summed E-state index contributed by atoms with van der Waals surface area (Å²) in [4.78, 5) is 4.23. The fraction of sp³-hybridized carbons (Fsp3) is 0.308. The lowest BCUT2D eigenvalue weighted by Crippen LogP contribution is -2.02. The van der Waals surface area contributed by atoms with Gasteiger partial charge in [-0.1, -0.05) is 6.07 Å². The molecular formula is C13H15FN2O. The SMILES string of the molecule is Cc1ccc(F)c(NCc2nc(C)c(C)o2)c1. The number of aromatic nitrogens is 1. The van der Waals surface area contributed by atoms with Crippen LogP contribution in [0.5, 0.6) is 0 Å². The van der Waals surface area contributed by atoms with Gasteiger partial charge < -0.3 is 9.73 Å². The van der Waals surface area contributed by atoms with Crippen LogP contribution in [0.1, 0.15) is 22.9 Å². The van der Waals surface area contributed by atoms with Gasteiger partial charge in [0.1, 0.15) is 11.6 Å². The van der Waals surface area contributed by atoms with Crippen LogP contribution in [0.25, 0.3) is 0 Å². The molecule has 1 N–H and O–H groups in total. The van der Waals surface area contributed by atoms with E-state index in [9.17, 15) is 4.39 Å². The van der Waals surface area contributed by atoms with Crippen LogP contribution < -0.4 is 5.32 Å². The number of nitrogens with one attached hydrogen (secondary N) is 1. The molecule has 1 aromatic heterocycles. The molecule has 0 aliphatic rings. The average molecular weight is 234 g/mol. The molecule has 0 fully saturated rings. The van der Waals surface area contributed by atoms with Crippen LogP contribution in [0.2, 0.25) is 0 Å². The summed E-state index contributed by atoms with van der Waals surface area (Å²) < 4.78 is 18.9. The van der Waals surface area contributed by atoms with Gasteiger partial charge in [-0.15, -0.1) is 0 Å². The normalized spacial score (nSPS) is 10.6. The Balaban J connectivity index is 2.09. The van der Waals surface area contributed by atoms with Crippen molar-refractivity contribution in [2.75, 3.05) is 5.32 Å². The molecule has 17 heavy (non-hydrogen) atoms. The van der Waals surface area contributed by atoms with Crippen LogP contribution in [-0.4, -0.2) is 4.98 Å². The fourth-order valence-corrected chi connectivity index (χ4v) is 1.56. The van der Waals surface area contributed by atoms with Gasteiger partial charge in [-0.3, -0.25) is 0 Å². The maximum absolute atomic E-state index is 13.4. The van der Waals surface area contributed by atoms with E-state index in [-0.39, 0.29) is 5.82 Å². The number of hydrogen-bond acceptors (Lipinski definition) is 3. The van der Waals surface area contributed by atoms with Gasteiger partial charge in [-0.25, -0.2) is 9.37 Å². The van der Waals surface area contributed by atoms with Crippen LogP contribution in [0.4, 0.5) is 10.1 Å². The van der Waals surface area contributed by atoms with E-state index in [4.69, 9.17) is 4.42 Å². The number of aryl methyl sites for hydroxylation is 3. The van der Waals surface area contributed by atoms with Crippen molar-refractivity contribution in [1.29, 1.82) is 0 Å². The predicted octanol–water partition coefficient (Wildman–Crippen LogP) is 3.35. The van der Waals surface area contributed by atoms with Gasteiger partial charge >= 0.3 is 0 Å². The second-order valence-corrected chi connectivity index (χ2v) is 4.09. The Labute approximate surface area is 99.7 Å². The van der Waals surface area contributed by atoms with Crippen molar-refractivity contribution >= 4 is 5.69 Å². The number of nitrogens with zero attached hydrogens (tertiary/aromatic N) is 1. The summed E-state index contributed by atoms with van der Waals surface area (Å²) in [6.45, 7) is 6.05. The molecular weight excluding hydrogens is 219 g/mol. The third-order valence-corrected chi connectivity index (χ3v) is 2.62. The van der Waals surface area contributed by atoms with Crippen molar-refractivity contribution in [3.8, 4) is 0 Å². The van der Waals surface area contributed by atoms with E-state index in [1.165, 1.54) is 6.07 Å². The highest BCUT2D eigenvalue weighted by Crippen LogP contribution is 2.17. The Morgan fingerprint density at radius 3 is 2.71 bits per heavy atom. The van der Waals surface area contributed by atoms with Gasteiger partial charge in [-0.2, -0.15) is 0 Å². The van der Waals surface area contributed by atoms with Gasteiger partial charge in [-0.05, 0) is 38.5 Å². The molecule has 0 bridgehead atoms. The van der Waals surface area contributed by atoms with Crippen LogP contribution in [0, 0.1) is 26.6 Å². The lowest BCUT2D eigenvalue weighted by atomic mass is 10.2. The molecule has 0 amide bonds. The lowest BCUT2D eigenvalue weighted by molar-refractivity contribution is 0.478. The Morgan fingerprint density at radius 2 is 2.06 bits per heavy atom. The van der Waals surface area contributed by atoms with Crippen LogP contribution in [-0.2, 0) is 6.54 Å². The van der Waals surface area contributed by atoms with Crippen molar-refractivity contribution in [2.24, 2.45) is 0 Å². The Hall–Kier alpha value is -1.84. The molecule has 0 unspecified atom stereocenters. The van der Waals surface area contributed by atoms with Crippen molar-refractivity contribution in [3.05, 3.63) is 46.9 Å². The minimum Gasteiger partial charge on any atom is -0.444 e. The monoisotopic (exact) mass is 234 g/mol. The predicted molar refractivity (Wildman–Crippen MR) is 64.4 cm³/mol. The maximum atomic E-state index is 13.4. The smallest absolute Gasteiger partial charge is 0.213 e. The molecule has 4 heteroatoms. The zero-order valence-corrected chi connectivity index (χ0v) is 10.2. The number of halogens is 1. The van der Waals surface area contributed by atoms with Gasteiger partial charge in [0.2, 0.25) is 5.89 Å². The van der Waals surface area contributed by atoms with E-state index in [1.807, 2.05) is 20.8 Å². The first-order valence-corrected chi connectivity index (χ1v) is 5.49. The maximum Gasteiger partial charge on any atom is 0.213 e. The summed E-state index contributed by atoms with van der Waals surface area (Å²) in [6.07, 6.45) is 0. The van der Waals surface area contributed by atoms with Crippen LogP contribution in [0.15, 0.2) is 22.6 Å². The molecule has 90 valence electrons. The first kappa shape index (κ1) is 11.6. The van der Waals surface area contributed by atoms with E-state index in [2.05, 4.69) is 10.3 Å². The molecule has 0 aliphatic carbocycles. The summed E-state index contributed by atoms with van der Waals surface area (Å²) in [5.41, 5.74) is 2.35. The molecule has 1 aromatic carbocycles. The molecule has 0 spiro atoms. The number of hydrogen-bond donors (Lipinski definition) is 1. The molecule has 0 saturated heterocycles. The van der Waals surface area contributed by atoms with E-state index < -0.39 is 0 Å². The minimum atomic E-state index is -0.268. The number of benzene rings is 1. The van der Waals surface area contributed by atoms with Crippen molar-refractivity contribution in [1.82, 2.24) is 4.98 Å². The summed E-state index contributed by atoms with van der Waals surface area (Å²) in [6, 6.07) is 4.95. The first-order chi connectivity index (χ1) is 8.06. The van der Waals surface area contributed by atoms with Crippen molar-refractivity contribution < 1.29 is 8.81 Å². The van der Waals surface area contributed by atoms with Gasteiger partial charge in [0.15, 0.2) is 0 Å². The second-order valence-electron chi connectivity index (χ2n) is 4.09. The minimum absolute atomic E-state index is 0.268. The molecule has 0 saturated carbocycles. The number of rotatable bonds is 3. The van der Waals surface area contributed by atoms with Gasteiger partial charge in [0, 0.05) is 0 Å². The molecule has 2 aromatic rings. The quantitative estimate of drug-likeness (QED) is 0.885. The van der Waals surface area contributed by atoms with Gasteiger partial charge in [0.05, 0.1) is 17.9 Å². The molecule has 0 atom stereocenters. The van der Waals surface area contributed by atoms with Crippen LogP contribution >= 0.6 is 0 Å². The van der Waals surface area contributed by atoms with E-state index in [0.29, 0.717) is 18.1 Å². The summed E-state index contributed by atoms with van der Waals surface area (Å²) >= 11 is 0. The Kier molecular flexibility index (Phi) is 3.13. The molecule has 2 rings (SSSR count). The van der Waals surface area contributed by atoms with E-state index >= 15 is 0 Å². The van der Waals surface area contributed by atoms with Crippen molar-refractivity contribution in [3.63, 3.8) is 0 Å².